The first kappa shape index (κ1) is 14.3. The van der Waals surface area contributed by atoms with Gasteiger partial charge in [0, 0.05) is 5.57 Å². The van der Waals surface area contributed by atoms with E-state index in [-0.39, 0.29) is 0 Å². The first-order valence-corrected chi connectivity index (χ1v) is 7.56. The van der Waals surface area contributed by atoms with E-state index in [1.807, 2.05) is 48.0 Å². The molecule has 1 aliphatic rings. The van der Waals surface area contributed by atoms with Gasteiger partial charge in [-0.2, -0.15) is 10.4 Å². The first-order valence-electron chi connectivity index (χ1n) is 7.56. The van der Waals surface area contributed by atoms with Crippen molar-refractivity contribution in [2.75, 3.05) is 5.32 Å². The minimum absolute atomic E-state index is 0.438. The highest BCUT2D eigenvalue weighted by atomic mass is 16.3. The lowest BCUT2D eigenvalue weighted by atomic mass is 9.93. The maximum atomic E-state index is 9.57. The molecule has 1 aliphatic heterocycles. The maximum absolute atomic E-state index is 9.57. The van der Waals surface area contributed by atoms with Gasteiger partial charge in [0.2, 0.25) is 0 Å². The van der Waals surface area contributed by atoms with Crippen LogP contribution in [0.15, 0.2) is 58.7 Å². The van der Waals surface area contributed by atoms with Gasteiger partial charge in [-0.3, -0.25) is 0 Å². The second-order valence-electron chi connectivity index (χ2n) is 5.56. The summed E-state index contributed by atoms with van der Waals surface area (Å²) in [5, 5.41) is 17.4. The number of aryl methyl sites for hydroxylation is 1. The average molecular weight is 317 g/mol. The van der Waals surface area contributed by atoms with E-state index in [1.54, 1.807) is 12.3 Å². The van der Waals surface area contributed by atoms with E-state index in [9.17, 15) is 5.26 Å². The fraction of sp³-hybridized carbons (Fsp3) is 0.111. The zero-order valence-electron chi connectivity index (χ0n) is 13.0. The Hall–Kier alpha value is -3.30. The number of fused-ring (bicyclic) bond motifs is 1. The van der Waals surface area contributed by atoms with Crippen LogP contribution in [-0.2, 0) is 0 Å². The van der Waals surface area contributed by atoms with Crippen molar-refractivity contribution in [2.45, 2.75) is 13.1 Å². The smallest absolute Gasteiger partial charge is 0.139 e. The molecule has 3 N–H and O–H groups in total. The van der Waals surface area contributed by atoms with Gasteiger partial charge in [-0.25, -0.2) is 4.68 Å². The number of hydrogen-bond donors (Lipinski definition) is 2. The van der Waals surface area contributed by atoms with E-state index in [4.69, 9.17) is 10.2 Å². The second kappa shape index (κ2) is 5.41. The van der Waals surface area contributed by atoms with Crippen LogP contribution in [0.2, 0.25) is 0 Å². The van der Waals surface area contributed by atoms with Crippen LogP contribution in [0.1, 0.15) is 17.0 Å². The fourth-order valence-electron chi connectivity index (χ4n) is 3.03. The van der Waals surface area contributed by atoms with Crippen LogP contribution in [0.4, 0.5) is 5.82 Å². The highest BCUT2D eigenvalue weighted by Crippen LogP contribution is 2.40. The molecule has 0 spiro atoms. The van der Waals surface area contributed by atoms with Crippen LogP contribution in [0.25, 0.3) is 11.3 Å². The lowest BCUT2D eigenvalue weighted by Gasteiger charge is -2.24. The summed E-state index contributed by atoms with van der Waals surface area (Å²) in [4.78, 5) is 0. The van der Waals surface area contributed by atoms with E-state index < -0.39 is 6.17 Å². The molecule has 0 amide bonds. The summed E-state index contributed by atoms with van der Waals surface area (Å²) in [5.41, 5.74) is 9.87. The van der Waals surface area contributed by atoms with Gasteiger partial charge in [0.25, 0.3) is 0 Å². The number of aromatic nitrogens is 2. The lowest BCUT2D eigenvalue weighted by Crippen LogP contribution is -2.35. The molecule has 1 atom stereocenters. The van der Waals surface area contributed by atoms with Gasteiger partial charge in [-0.15, -0.1) is 0 Å². The van der Waals surface area contributed by atoms with Crippen molar-refractivity contribution < 1.29 is 4.42 Å². The van der Waals surface area contributed by atoms with Gasteiger partial charge < -0.3 is 15.5 Å². The Morgan fingerprint density at radius 1 is 1.25 bits per heavy atom. The van der Waals surface area contributed by atoms with Crippen LogP contribution in [-0.4, -0.2) is 15.9 Å². The molecule has 0 saturated carbocycles. The Kier molecular flexibility index (Phi) is 3.22. The molecule has 0 aliphatic carbocycles. The molecule has 0 bridgehead atoms. The normalized spacial score (nSPS) is 16.5. The van der Waals surface area contributed by atoms with Gasteiger partial charge in [-0.1, -0.05) is 18.2 Å². The van der Waals surface area contributed by atoms with Gasteiger partial charge in [0.1, 0.15) is 17.7 Å². The number of rotatable bonds is 2. The Morgan fingerprint density at radius 3 is 2.71 bits per heavy atom. The monoisotopic (exact) mass is 317 g/mol. The molecule has 2 aromatic heterocycles. The van der Waals surface area contributed by atoms with Crippen LogP contribution >= 0.6 is 0 Å². The number of hydrogen-bond acceptors (Lipinski definition) is 5. The number of anilines is 1. The number of nitriles is 1. The third kappa shape index (κ3) is 2.03. The summed E-state index contributed by atoms with van der Waals surface area (Å²) in [7, 11) is 0. The molecule has 0 saturated heterocycles. The van der Waals surface area contributed by atoms with Crippen LogP contribution < -0.4 is 11.1 Å². The van der Waals surface area contributed by atoms with Crippen molar-refractivity contribution in [1.82, 2.24) is 9.78 Å². The number of nitrogens with zero attached hydrogens (tertiary/aromatic N) is 3. The quantitative estimate of drug-likeness (QED) is 0.758. The SMILES string of the molecule is Cc1nn(-c2ccccc2)c2c1C(c1ccco1)=C(C#N)[C@@H](N)N2. The molecular formula is C18H15N5O. The largest absolute Gasteiger partial charge is 0.464 e. The molecule has 1 aromatic carbocycles. The molecule has 118 valence electrons. The molecule has 6 nitrogen and oxygen atoms in total. The van der Waals surface area contributed by atoms with E-state index >= 15 is 0 Å². The fourth-order valence-corrected chi connectivity index (χ4v) is 3.03. The molecule has 24 heavy (non-hydrogen) atoms. The zero-order chi connectivity index (χ0) is 16.7. The van der Waals surface area contributed by atoms with E-state index in [2.05, 4.69) is 16.5 Å². The van der Waals surface area contributed by atoms with Gasteiger partial charge in [-0.05, 0) is 31.2 Å². The molecular weight excluding hydrogens is 302 g/mol. The number of benzene rings is 1. The Labute approximate surface area is 138 Å². The van der Waals surface area contributed by atoms with Gasteiger partial charge in [0.05, 0.1) is 34.9 Å². The summed E-state index contributed by atoms with van der Waals surface area (Å²) in [5.74, 6) is 1.37. The zero-order valence-corrected chi connectivity index (χ0v) is 13.0. The maximum Gasteiger partial charge on any atom is 0.139 e. The minimum Gasteiger partial charge on any atom is -0.464 e. The predicted octanol–water partition coefficient (Wildman–Crippen LogP) is 2.81. The highest BCUT2D eigenvalue weighted by Gasteiger charge is 2.32. The van der Waals surface area contributed by atoms with Gasteiger partial charge >= 0.3 is 0 Å². The van der Waals surface area contributed by atoms with Gasteiger partial charge in [0.15, 0.2) is 0 Å². The molecule has 0 radical (unpaired) electrons. The van der Waals surface area contributed by atoms with Crippen LogP contribution in [0, 0.1) is 18.3 Å². The Morgan fingerprint density at radius 2 is 2.04 bits per heavy atom. The molecule has 3 aromatic rings. The summed E-state index contributed by atoms with van der Waals surface area (Å²) >= 11 is 0. The van der Waals surface area contributed by atoms with E-state index in [1.165, 1.54) is 0 Å². The molecule has 4 rings (SSSR count). The van der Waals surface area contributed by atoms with Crippen LogP contribution in [0.3, 0.4) is 0 Å². The molecule has 0 fully saturated rings. The molecule has 0 unspecified atom stereocenters. The van der Waals surface area contributed by atoms with E-state index in [0.717, 1.165) is 22.8 Å². The van der Waals surface area contributed by atoms with Crippen LogP contribution in [0.5, 0.6) is 0 Å². The van der Waals surface area contributed by atoms with E-state index in [0.29, 0.717) is 16.9 Å². The summed E-state index contributed by atoms with van der Waals surface area (Å²) in [6.45, 7) is 1.91. The summed E-state index contributed by atoms with van der Waals surface area (Å²) in [6, 6.07) is 15.6. The third-order valence-electron chi connectivity index (χ3n) is 4.07. The number of nitrogens with one attached hydrogen (secondary N) is 1. The summed E-state index contributed by atoms with van der Waals surface area (Å²) < 4.78 is 7.36. The minimum atomic E-state index is -0.624. The number of para-hydroxylation sites is 1. The van der Waals surface area contributed by atoms with Crippen molar-refractivity contribution in [3.8, 4) is 11.8 Å². The lowest BCUT2D eigenvalue weighted by molar-refractivity contribution is 0.552. The third-order valence-corrected chi connectivity index (χ3v) is 4.07. The number of nitrogens with two attached hydrogens (primary N) is 1. The predicted molar refractivity (Wildman–Crippen MR) is 90.2 cm³/mol. The summed E-state index contributed by atoms with van der Waals surface area (Å²) in [6.07, 6.45) is 0.961. The number of furan rings is 1. The average Bonchev–Trinajstić information content (AvgIpc) is 3.23. The first-order chi connectivity index (χ1) is 11.7. The molecule has 6 heteroatoms. The van der Waals surface area contributed by atoms with Crippen molar-refractivity contribution in [1.29, 1.82) is 5.26 Å². The van der Waals surface area contributed by atoms with Crippen molar-refractivity contribution in [3.63, 3.8) is 0 Å². The second-order valence-corrected chi connectivity index (χ2v) is 5.56. The molecule has 3 heterocycles. The van der Waals surface area contributed by atoms with Crippen molar-refractivity contribution in [2.24, 2.45) is 5.73 Å². The standard InChI is InChI=1S/C18H15N5O/c1-11-15-16(14-8-5-9-24-14)13(10-19)17(20)21-18(15)23(22-11)12-6-3-2-4-7-12/h2-9,17,21H,20H2,1H3/t17-/m0/s1. The van der Waals surface area contributed by atoms with Crippen molar-refractivity contribution >= 4 is 11.4 Å². The topological polar surface area (TPSA) is 92.8 Å². The van der Waals surface area contributed by atoms with Crippen molar-refractivity contribution in [3.05, 3.63) is 71.3 Å². The highest BCUT2D eigenvalue weighted by molar-refractivity contribution is 5.91. The Bertz CT molecular complexity index is 961. The Balaban J connectivity index is 2.01.